The molecule has 2 aromatic carbocycles. The molecule has 1 heterocycles. The Hall–Kier alpha value is -2.60. The molecule has 1 fully saturated rings. The Labute approximate surface area is 151 Å². The van der Waals surface area contributed by atoms with Gasteiger partial charge in [-0.05, 0) is 30.3 Å². The number of methoxy groups -OCH3 is 1. The molecule has 2 N–H and O–H groups in total. The molecule has 1 aliphatic rings. The number of para-hydroxylation sites is 2. The first kappa shape index (κ1) is 17.2. The van der Waals surface area contributed by atoms with Crippen molar-refractivity contribution < 1.29 is 14.6 Å². The van der Waals surface area contributed by atoms with Gasteiger partial charge in [0.05, 0.1) is 17.8 Å². The van der Waals surface area contributed by atoms with Crippen molar-refractivity contribution in [1.82, 2.24) is 4.90 Å². The molecule has 1 saturated heterocycles. The van der Waals surface area contributed by atoms with Crippen molar-refractivity contribution in [1.29, 1.82) is 0 Å². The number of hydrogen-bond donors (Lipinski definition) is 2. The van der Waals surface area contributed by atoms with Gasteiger partial charge in [-0.2, -0.15) is 0 Å². The number of urea groups is 1. The van der Waals surface area contributed by atoms with Crippen LogP contribution in [0.3, 0.4) is 0 Å². The van der Waals surface area contributed by atoms with Crippen LogP contribution < -0.4 is 15.0 Å². The zero-order valence-electron chi connectivity index (χ0n) is 13.9. The monoisotopic (exact) mass is 361 g/mol. The second kappa shape index (κ2) is 7.53. The van der Waals surface area contributed by atoms with E-state index in [1.165, 1.54) is 0 Å². The highest BCUT2D eigenvalue weighted by Gasteiger charge is 2.22. The number of benzene rings is 2. The normalized spacial score (nSPS) is 14.3. The van der Waals surface area contributed by atoms with E-state index in [1.807, 2.05) is 12.1 Å². The summed E-state index contributed by atoms with van der Waals surface area (Å²) in [7, 11) is 1.55. The summed E-state index contributed by atoms with van der Waals surface area (Å²) in [6.45, 7) is 2.47. The molecule has 0 spiro atoms. The van der Waals surface area contributed by atoms with E-state index < -0.39 is 0 Å². The molecule has 0 aromatic heterocycles. The molecule has 0 saturated carbocycles. The SMILES string of the molecule is COc1ccc(NC(=O)N2CCN(c3ccccc3O)CC2)cc1Cl. The molecule has 7 heteroatoms. The highest BCUT2D eigenvalue weighted by Crippen LogP contribution is 2.28. The standard InChI is InChI=1S/C18H20ClN3O3/c1-25-17-7-6-13(12-14(17)19)20-18(24)22-10-8-21(9-11-22)15-4-2-3-5-16(15)23/h2-7,12,23H,8-11H2,1H3,(H,20,24). The first-order valence-electron chi connectivity index (χ1n) is 8.01. The topological polar surface area (TPSA) is 65.0 Å². The molecule has 2 amide bonds. The van der Waals surface area contributed by atoms with E-state index in [0.717, 1.165) is 5.69 Å². The number of carbonyl (C=O) groups excluding carboxylic acids is 1. The molecule has 132 valence electrons. The van der Waals surface area contributed by atoms with Crippen molar-refractivity contribution >= 4 is 29.0 Å². The lowest BCUT2D eigenvalue weighted by Crippen LogP contribution is -2.50. The van der Waals surface area contributed by atoms with Crippen LogP contribution in [-0.2, 0) is 0 Å². The average Bonchev–Trinajstić information content (AvgIpc) is 2.62. The molecule has 2 aromatic rings. The molecule has 0 radical (unpaired) electrons. The highest BCUT2D eigenvalue weighted by atomic mass is 35.5. The maximum Gasteiger partial charge on any atom is 0.321 e. The van der Waals surface area contributed by atoms with E-state index in [0.29, 0.717) is 42.6 Å². The molecule has 1 aliphatic heterocycles. The van der Waals surface area contributed by atoms with Crippen LogP contribution in [0.1, 0.15) is 0 Å². The number of aromatic hydroxyl groups is 1. The number of amides is 2. The Morgan fingerprint density at radius 1 is 1.16 bits per heavy atom. The number of phenolic OH excluding ortho intramolecular Hbond substituents is 1. The summed E-state index contributed by atoms with van der Waals surface area (Å²) in [5, 5.41) is 13.2. The van der Waals surface area contributed by atoms with E-state index in [2.05, 4.69) is 10.2 Å². The number of nitrogens with zero attached hydrogens (tertiary/aromatic N) is 2. The zero-order chi connectivity index (χ0) is 17.8. The minimum Gasteiger partial charge on any atom is -0.506 e. The molecule has 0 aliphatic carbocycles. The van der Waals surface area contributed by atoms with E-state index in [4.69, 9.17) is 16.3 Å². The van der Waals surface area contributed by atoms with E-state index in [1.54, 1.807) is 42.3 Å². The van der Waals surface area contributed by atoms with Gasteiger partial charge in [0.2, 0.25) is 0 Å². The van der Waals surface area contributed by atoms with Gasteiger partial charge >= 0.3 is 6.03 Å². The van der Waals surface area contributed by atoms with Gasteiger partial charge in [-0.25, -0.2) is 4.79 Å². The van der Waals surface area contributed by atoms with Crippen LogP contribution in [0.15, 0.2) is 42.5 Å². The number of phenols is 1. The smallest absolute Gasteiger partial charge is 0.321 e. The van der Waals surface area contributed by atoms with Crippen LogP contribution in [0.2, 0.25) is 5.02 Å². The Kier molecular flexibility index (Phi) is 5.19. The molecule has 0 atom stereocenters. The van der Waals surface area contributed by atoms with Gasteiger partial charge in [-0.3, -0.25) is 0 Å². The lowest BCUT2D eigenvalue weighted by molar-refractivity contribution is 0.208. The summed E-state index contributed by atoms with van der Waals surface area (Å²) in [5.74, 6) is 0.823. The first-order valence-corrected chi connectivity index (χ1v) is 8.38. The van der Waals surface area contributed by atoms with Gasteiger partial charge in [0.15, 0.2) is 0 Å². The summed E-state index contributed by atoms with van der Waals surface area (Å²) in [4.78, 5) is 16.2. The summed E-state index contributed by atoms with van der Waals surface area (Å²) in [5.41, 5.74) is 1.42. The fourth-order valence-corrected chi connectivity index (χ4v) is 3.09. The number of nitrogens with one attached hydrogen (secondary N) is 1. The number of ether oxygens (including phenoxy) is 1. The second-order valence-electron chi connectivity index (χ2n) is 5.74. The molecule has 6 nitrogen and oxygen atoms in total. The first-order chi connectivity index (χ1) is 12.1. The van der Waals surface area contributed by atoms with E-state index in [-0.39, 0.29) is 11.8 Å². The van der Waals surface area contributed by atoms with Crippen molar-refractivity contribution in [3.8, 4) is 11.5 Å². The Balaban J connectivity index is 1.58. The van der Waals surface area contributed by atoms with Gasteiger partial charge in [0.25, 0.3) is 0 Å². The molecular weight excluding hydrogens is 342 g/mol. The lowest BCUT2D eigenvalue weighted by atomic mass is 10.2. The quantitative estimate of drug-likeness (QED) is 0.879. The van der Waals surface area contributed by atoms with Crippen molar-refractivity contribution in [2.75, 3.05) is 43.5 Å². The molecule has 3 rings (SSSR count). The number of carbonyl (C=O) groups is 1. The lowest BCUT2D eigenvalue weighted by Gasteiger charge is -2.36. The molecular formula is C18H20ClN3O3. The van der Waals surface area contributed by atoms with Gasteiger partial charge in [0, 0.05) is 31.9 Å². The van der Waals surface area contributed by atoms with Crippen LogP contribution in [0.25, 0.3) is 0 Å². The Bertz CT molecular complexity index is 761. The summed E-state index contributed by atoms with van der Waals surface area (Å²) in [6.07, 6.45) is 0. The minimum atomic E-state index is -0.168. The predicted octanol–water partition coefficient (Wildman–Crippen LogP) is 3.41. The third-order valence-corrected chi connectivity index (χ3v) is 4.49. The fourth-order valence-electron chi connectivity index (χ4n) is 2.83. The summed E-state index contributed by atoms with van der Waals surface area (Å²) in [6, 6.07) is 12.2. The van der Waals surface area contributed by atoms with Crippen LogP contribution >= 0.6 is 11.6 Å². The number of piperazine rings is 1. The summed E-state index contributed by atoms with van der Waals surface area (Å²) >= 11 is 6.08. The molecule has 0 unspecified atom stereocenters. The molecule has 0 bridgehead atoms. The van der Waals surface area contributed by atoms with Crippen molar-refractivity contribution in [2.45, 2.75) is 0 Å². The zero-order valence-corrected chi connectivity index (χ0v) is 14.7. The maximum absolute atomic E-state index is 12.4. The van der Waals surface area contributed by atoms with Crippen molar-refractivity contribution in [2.24, 2.45) is 0 Å². The van der Waals surface area contributed by atoms with Gasteiger partial charge in [0.1, 0.15) is 11.5 Å². The predicted molar refractivity (Wildman–Crippen MR) is 98.9 cm³/mol. The summed E-state index contributed by atoms with van der Waals surface area (Å²) < 4.78 is 5.10. The van der Waals surface area contributed by atoms with Gasteiger partial charge < -0.3 is 25.0 Å². The van der Waals surface area contributed by atoms with Crippen molar-refractivity contribution in [3.63, 3.8) is 0 Å². The number of anilines is 2. The Morgan fingerprint density at radius 3 is 2.52 bits per heavy atom. The van der Waals surface area contributed by atoms with Crippen LogP contribution in [0.4, 0.5) is 16.2 Å². The van der Waals surface area contributed by atoms with E-state index >= 15 is 0 Å². The van der Waals surface area contributed by atoms with Crippen LogP contribution in [0.5, 0.6) is 11.5 Å². The number of rotatable bonds is 3. The van der Waals surface area contributed by atoms with Crippen LogP contribution in [0, 0.1) is 0 Å². The fraction of sp³-hybridized carbons (Fsp3) is 0.278. The van der Waals surface area contributed by atoms with E-state index in [9.17, 15) is 9.90 Å². The van der Waals surface area contributed by atoms with Gasteiger partial charge in [-0.15, -0.1) is 0 Å². The maximum atomic E-state index is 12.4. The Morgan fingerprint density at radius 2 is 1.88 bits per heavy atom. The second-order valence-corrected chi connectivity index (χ2v) is 6.15. The minimum absolute atomic E-state index is 0.168. The van der Waals surface area contributed by atoms with Gasteiger partial charge in [-0.1, -0.05) is 23.7 Å². The third kappa shape index (κ3) is 3.91. The molecule has 25 heavy (non-hydrogen) atoms. The highest BCUT2D eigenvalue weighted by molar-refractivity contribution is 6.32. The number of halogens is 1. The third-order valence-electron chi connectivity index (χ3n) is 4.19. The van der Waals surface area contributed by atoms with Crippen LogP contribution in [-0.4, -0.2) is 49.3 Å². The number of hydrogen-bond acceptors (Lipinski definition) is 4. The average molecular weight is 362 g/mol. The largest absolute Gasteiger partial charge is 0.506 e. The van der Waals surface area contributed by atoms with Crippen molar-refractivity contribution in [3.05, 3.63) is 47.5 Å².